The Balaban J connectivity index is 0.00000243. The number of benzene rings is 2. The maximum absolute atomic E-state index is 10.4. The predicted octanol–water partition coefficient (Wildman–Crippen LogP) is 3.61. The van der Waals surface area contributed by atoms with Crippen molar-refractivity contribution in [3.05, 3.63) is 58.7 Å². The number of aryl methyl sites for hydroxylation is 2. The zero-order chi connectivity index (χ0) is 17.8. The van der Waals surface area contributed by atoms with Crippen LogP contribution in [0.25, 0.3) is 0 Å². The number of rotatable bonds is 6. The summed E-state index contributed by atoms with van der Waals surface area (Å²) in [6, 6.07) is 12.6. The molecule has 5 heteroatoms. The standard InChI is InChI=1S/C21H27NO3.ClH/c1-14-4-6-15(7-5-14)19(23)13-22-18-9-8-16-11-20(24-2)21(25-3)12-17(16)10-18;/h4-7,11-12,18-19,22-23H,8-10,13H2,1-3H3;1H. The molecule has 1 aliphatic carbocycles. The molecule has 2 N–H and O–H groups in total. The number of aliphatic hydroxyl groups is 1. The van der Waals surface area contributed by atoms with Gasteiger partial charge in [0, 0.05) is 12.6 Å². The van der Waals surface area contributed by atoms with E-state index in [1.54, 1.807) is 14.2 Å². The highest BCUT2D eigenvalue weighted by Crippen LogP contribution is 2.34. The van der Waals surface area contributed by atoms with Crippen LogP contribution in [0.5, 0.6) is 11.5 Å². The van der Waals surface area contributed by atoms with Gasteiger partial charge in [0.2, 0.25) is 0 Å². The number of hydrogen-bond donors (Lipinski definition) is 2. The summed E-state index contributed by atoms with van der Waals surface area (Å²) < 4.78 is 10.8. The lowest BCUT2D eigenvalue weighted by Crippen LogP contribution is -2.37. The highest BCUT2D eigenvalue weighted by Gasteiger charge is 2.21. The largest absolute Gasteiger partial charge is 0.493 e. The summed E-state index contributed by atoms with van der Waals surface area (Å²) in [5.41, 5.74) is 4.79. The normalized spacial score (nSPS) is 17.0. The van der Waals surface area contributed by atoms with Gasteiger partial charge in [-0.15, -0.1) is 12.4 Å². The Morgan fingerprint density at radius 1 is 1.08 bits per heavy atom. The lowest BCUT2D eigenvalue weighted by Gasteiger charge is -2.27. The molecule has 0 radical (unpaired) electrons. The average Bonchev–Trinajstić information content (AvgIpc) is 2.65. The predicted molar refractivity (Wildman–Crippen MR) is 107 cm³/mol. The van der Waals surface area contributed by atoms with Crippen molar-refractivity contribution in [3.8, 4) is 11.5 Å². The molecule has 2 aromatic rings. The van der Waals surface area contributed by atoms with Crippen molar-refractivity contribution >= 4 is 12.4 Å². The summed E-state index contributed by atoms with van der Waals surface area (Å²) in [4.78, 5) is 0. The molecule has 142 valence electrons. The van der Waals surface area contributed by atoms with Crippen LogP contribution in [0.15, 0.2) is 36.4 Å². The van der Waals surface area contributed by atoms with E-state index in [1.807, 2.05) is 24.3 Å². The third kappa shape index (κ3) is 4.70. The molecule has 0 saturated carbocycles. The van der Waals surface area contributed by atoms with Crippen LogP contribution in [0.4, 0.5) is 0 Å². The monoisotopic (exact) mass is 377 g/mol. The van der Waals surface area contributed by atoms with Crippen LogP contribution < -0.4 is 14.8 Å². The van der Waals surface area contributed by atoms with Crippen molar-refractivity contribution in [2.75, 3.05) is 20.8 Å². The zero-order valence-electron chi connectivity index (χ0n) is 15.6. The molecule has 0 spiro atoms. The average molecular weight is 378 g/mol. The van der Waals surface area contributed by atoms with E-state index < -0.39 is 6.10 Å². The van der Waals surface area contributed by atoms with Gasteiger partial charge in [-0.25, -0.2) is 0 Å². The fourth-order valence-electron chi connectivity index (χ4n) is 3.44. The Morgan fingerprint density at radius 3 is 2.31 bits per heavy atom. The van der Waals surface area contributed by atoms with Gasteiger partial charge in [0.05, 0.1) is 20.3 Å². The van der Waals surface area contributed by atoms with Crippen molar-refractivity contribution in [1.82, 2.24) is 5.32 Å². The maximum atomic E-state index is 10.4. The second-order valence-electron chi connectivity index (χ2n) is 6.75. The van der Waals surface area contributed by atoms with Crippen LogP contribution in [0, 0.1) is 6.92 Å². The molecule has 4 nitrogen and oxygen atoms in total. The van der Waals surface area contributed by atoms with E-state index in [0.29, 0.717) is 12.6 Å². The quantitative estimate of drug-likeness (QED) is 0.807. The Bertz CT molecular complexity index is 718. The van der Waals surface area contributed by atoms with Crippen LogP contribution in [0.2, 0.25) is 0 Å². The topological polar surface area (TPSA) is 50.7 Å². The second-order valence-corrected chi connectivity index (χ2v) is 6.75. The second kappa shape index (κ2) is 9.26. The number of fused-ring (bicyclic) bond motifs is 1. The van der Waals surface area contributed by atoms with Gasteiger partial charge in [-0.2, -0.15) is 0 Å². The summed E-state index contributed by atoms with van der Waals surface area (Å²) in [7, 11) is 3.34. The van der Waals surface area contributed by atoms with Crippen molar-refractivity contribution in [2.45, 2.75) is 38.3 Å². The summed E-state index contributed by atoms with van der Waals surface area (Å²) >= 11 is 0. The summed E-state index contributed by atoms with van der Waals surface area (Å²) in [5.74, 6) is 1.57. The molecule has 0 aliphatic heterocycles. The lowest BCUT2D eigenvalue weighted by molar-refractivity contribution is 0.168. The molecule has 0 bridgehead atoms. The third-order valence-corrected chi connectivity index (χ3v) is 5.00. The van der Waals surface area contributed by atoms with E-state index in [1.165, 1.54) is 16.7 Å². The number of aliphatic hydroxyl groups excluding tert-OH is 1. The molecule has 3 rings (SSSR count). The van der Waals surface area contributed by atoms with Crippen molar-refractivity contribution < 1.29 is 14.6 Å². The molecule has 2 atom stereocenters. The Morgan fingerprint density at radius 2 is 1.69 bits per heavy atom. The Labute approximate surface area is 161 Å². The van der Waals surface area contributed by atoms with E-state index in [4.69, 9.17) is 9.47 Å². The third-order valence-electron chi connectivity index (χ3n) is 5.00. The number of nitrogens with one attached hydrogen (secondary N) is 1. The van der Waals surface area contributed by atoms with Gasteiger partial charge in [-0.05, 0) is 55.0 Å². The molecule has 0 aromatic heterocycles. The Kier molecular flexibility index (Phi) is 7.33. The van der Waals surface area contributed by atoms with Gasteiger partial charge >= 0.3 is 0 Å². The minimum Gasteiger partial charge on any atom is -0.493 e. The van der Waals surface area contributed by atoms with Crippen molar-refractivity contribution in [2.24, 2.45) is 0 Å². The summed E-state index contributed by atoms with van der Waals surface area (Å²) in [5, 5.41) is 13.9. The first-order valence-electron chi connectivity index (χ1n) is 8.82. The highest BCUT2D eigenvalue weighted by molar-refractivity contribution is 5.85. The summed E-state index contributed by atoms with van der Waals surface area (Å²) in [6.07, 6.45) is 2.53. The first-order chi connectivity index (χ1) is 12.1. The number of hydrogen-bond acceptors (Lipinski definition) is 4. The Hall–Kier alpha value is -1.75. The molecule has 0 saturated heterocycles. The minimum atomic E-state index is -0.479. The van der Waals surface area contributed by atoms with E-state index in [2.05, 4.69) is 24.4 Å². The van der Waals surface area contributed by atoms with Gasteiger partial charge in [0.15, 0.2) is 11.5 Å². The van der Waals surface area contributed by atoms with Gasteiger partial charge < -0.3 is 19.9 Å². The first kappa shape index (κ1) is 20.6. The van der Waals surface area contributed by atoms with Crippen LogP contribution in [0.1, 0.15) is 34.8 Å². The number of halogens is 1. The molecular formula is C21H28ClNO3. The molecule has 2 aromatic carbocycles. The van der Waals surface area contributed by atoms with Crippen molar-refractivity contribution in [1.29, 1.82) is 0 Å². The molecule has 26 heavy (non-hydrogen) atoms. The van der Waals surface area contributed by atoms with E-state index in [9.17, 15) is 5.11 Å². The van der Waals surface area contributed by atoms with Crippen LogP contribution in [-0.4, -0.2) is 31.9 Å². The number of ether oxygens (including phenoxy) is 2. The van der Waals surface area contributed by atoms with Gasteiger partial charge in [-0.3, -0.25) is 0 Å². The maximum Gasteiger partial charge on any atom is 0.161 e. The van der Waals surface area contributed by atoms with Gasteiger partial charge in [-0.1, -0.05) is 29.8 Å². The molecule has 0 fully saturated rings. The zero-order valence-corrected chi connectivity index (χ0v) is 16.4. The molecular weight excluding hydrogens is 350 g/mol. The fraction of sp³-hybridized carbons (Fsp3) is 0.429. The van der Waals surface area contributed by atoms with E-state index in [0.717, 1.165) is 36.3 Å². The molecule has 0 heterocycles. The van der Waals surface area contributed by atoms with Crippen LogP contribution in [0.3, 0.4) is 0 Å². The van der Waals surface area contributed by atoms with Gasteiger partial charge in [0.1, 0.15) is 0 Å². The first-order valence-corrected chi connectivity index (χ1v) is 8.82. The van der Waals surface area contributed by atoms with Gasteiger partial charge in [0.25, 0.3) is 0 Å². The number of methoxy groups -OCH3 is 2. The van der Waals surface area contributed by atoms with Crippen LogP contribution >= 0.6 is 12.4 Å². The van der Waals surface area contributed by atoms with Crippen molar-refractivity contribution in [3.63, 3.8) is 0 Å². The lowest BCUT2D eigenvalue weighted by atomic mass is 9.87. The highest BCUT2D eigenvalue weighted by atomic mass is 35.5. The van der Waals surface area contributed by atoms with E-state index >= 15 is 0 Å². The molecule has 0 amide bonds. The molecule has 2 unspecified atom stereocenters. The molecule has 1 aliphatic rings. The SMILES string of the molecule is COc1cc2c(cc1OC)CC(NCC(O)c1ccc(C)cc1)CC2.Cl. The summed E-state index contributed by atoms with van der Waals surface area (Å²) in [6.45, 7) is 2.62. The van der Waals surface area contributed by atoms with Crippen LogP contribution in [-0.2, 0) is 12.8 Å². The van der Waals surface area contributed by atoms with E-state index in [-0.39, 0.29) is 12.4 Å². The smallest absolute Gasteiger partial charge is 0.161 e. The fourth-order valence-corrected chi connectivity index (χ4v) is 3.44. The minimum absolute atomic E-state index is 0.